The van der Waals surface area contributed by atoms with Crippen molar-refractivity contribution in [2.45, 2.75) is 25.5 Å². The highest BCUT2D eigenvalue weighted by Crippen LogP contribution is 1.95. The van der Waals surface area contributed by atoms with E-state index >= 15 is 0 Å². The van der Waals surface area contributed by atoms with Crippen molar-refractivity contribution in [2.75, 3.05) is 6.54 Å². The van der Waals surface area contributed by atoms with Gasteiger partial charge in [0.25, 0.3) is 0 Å². The maximum absolute atomic E-state index is 11.1. The van der Waals surface area contributed by atoms with Crippen molar-refractivity contribution >= 4 is 15.9 Å². The second-order valence-corrected chi connectivity index (χ2v) is 5.08. The average molecular weight is 193 g/mol. The Morgan fingerprint density at radius 3 is 2.42 bits per heavy atom. The van der Waals surface area contributed by atoms with Gasteiger partial charge in [-0.15, -0.1) is 0 Å². The predicted molar refractivity (Wildman–Crippen MR) is 48.6 cm³/mol. The van der Waals surface area contributed by atoms with Gasteiger partial charge in [0.05, 0.1) is 11.1 Å². The third kappa shape index (κ3) is 4.30. The van der Waals surface area contributed by atoms with Crippen molar-refractivity contribution in [3.8, 4) is 0 Å². The van der Waals surface area contributed by atoms with E-state index in [0.717, 1.165) is 0 Å². The summed E-state index contributed by atoms with van der Waals surface area (Å²) in [4.78, 5) is 0. The Morgan fingerprint density at radius 1 is 1.58 bits per heavy atom. The molecule has 5 nitrogen and oxygen atoms in total. The van der Waals surface area contributed by atoms with Gasteiger partial charge in [0.1, 0.15) is 0 Å². The molecule has 0 radical (unpaired) electrons. The van der Waals surface area contributed by atoms with Crippen molar-refractivity contribution in [3.05, 3.63) is 0 Å². The van der Waals surface area contributed by atoms with Gasteiger partial charge < -0.3 is 5.73 Å². The Kier molecular flexibility index (Phi) is 4.19. The lowest BCUT2D eigenvalue weighted by molar-refractivity contribution is 0.573. The largest absolute Gasteiger partial charge is 0.388 e. The highest BCUT2D eigenvalue weighted by molar-refractivity contribution is 7.90. The molecule has 12 heavy (non-hydrogen) atoms. The van der Waals surface area contributed by atoms with Crippen LogP contribution in [0.2, 0.25) is 0 Å². The van der Waals surface area contributed by atoms with E-state index in [1.165, 1.54) is 0 Å². The molecule has 0 fully saturated rings. The standard InChI is InChI=1S/C6H15N3O2S/c1-5(2)12(10,11)9-4-3-6(7)8/h5,9H,3-4H2,1-2H3,(H3,7,8). The second kappa shape index (κ2) is 4.42. The van der Waals surface area contributed by atoms with E-state index in [-0.39, 0.29) is 18.8 Å². The summed E-state index contributed by atoms with van der Waals surface area (Å²) in [6, 6.07) is 0. The molecule has 0 aromatic rings. The van der Waals surface area contributed by atoms with Crippen LogP contribution < -0.4 is 10.5 Å². The minimum absolute atomic E-state index is 0.0125. The highest BCUT2D eigenvalue weighted by atomic mass is 32.2. The van der Waals surface area contributed by atoms with Gasteiger partial charge in [-0.1, -0.05) is 0 Å². The van der Waals surface area contributed by atoms with Crippen LogP contribution >= 0.6 is 0 Å². The third-order valence-corrected chi connectivity index (χ3v) is 3.17. The molecule has 0 bridgehead atoms. The van der Waals surface area contributed by atoms with E-state index < -0.39 is 15.3 Å². The molecule has 0 saturated carbocycles. The van der Waals surface area contributed by atoms with Crippen LogP contribution in [0.15, 0.2) is 0 Å². The molecule has 72 valence electrons. The fourth-order valence-electron chi connectivity index (χ4n) is 0.495. The molecule has 0 aromatic heterocycles. The molecule has 0 aliphatic heterocycles. The molecule has 0 spiro atoms. The van der Waals surface area contributed by atoms with E-state index in [4.69, 9.17) is 11.1 Å². The number of amidine groups is 1. The summed E-state index contributed by atoms with van der Waals surface area (Å²) in [7, 11) is -3.20. The number of hydrogen-bond acceptors (Lipinski definition) is 3. The summed E-state index contributed by atoms with van der Waals surface area (Å²) < 4.78 is 24.5. The molecule has 0 saturated heterocycles. The minimum atomic E-state index is -3.20. The number of nitrogens with one attached hydrogen (secondary N) is 2. The molecule has 0 aromatic carbocycles. The normalized spacial score (nSPS) is 11.9. The molecule has 0 heterocycles. The van der Waals surface area contributed by atoms with Gasteiger partial charge in [-0.3, -0.25) is 5.41 Å². The summed E-state index contributed by atoms with van der Waals surface area (Å²) in [5.41, 5.74) is 5.05. The van der Waals surface area contributed by atoms with Crippen LogP contribution in [-0.4, -0.2) is 26.0 Å². The van der Waals surface area contributed by atoms with Crippen LogP contribution in [0.25, 0.3) is 0 Å². The Labute approximate surface area is 72.9 Å². The topological polar surface area (TPSA) is 96.0 Å². The summed E-state index contributed by atoms with van der Waals surface area (Å²) in [6.07, 6.45) is 0.256. The first kappa shape index (κ1) is 11.4. The van der Waals surface area contributed by atoms with Gasteiger partial charge in [0, 0.05) is 13.0 Å². The monoisotopic (exact) mass is 193 g/mol. The van der Waals surface area contributed by atoms with E-state index in [1.807, 2.05) is 0 Å². The molecule has 4 N–H and O–H groups in total. The quantitative estimate of drug-likeness (QED) is 0.411. The maximum atomic E-state index is 11.1. The zero-order valence-electron chi connectivity index (χ0n) is 7.29. The molecule has 0 amide bonds. The van der Waals surface area contributed by atoms with Crippen LogP contribution in [-0.2, 0) is 10.0 Å². The second-order valence-electron chi connectivity index (χ2n) is 2.76. The SMILES string of the molecule is CC(C)S(=O)(=O)NCCC(=N)N. The van der Waals surface area contributed by atoms with Crippen molar-refractivity contribution in [3.63, 3.8) is 0 Å². The first-order chi connectivity index (χ1) is 5.36. The third-order valence-electron chi connectivity index (χ3n) is 1.32. The minimum Gasteiger partial charge on any atom is -0.388 e. The van der Waals surface area contributed by atoms with E-state index in [0.29, 0.717) is 0 Å². The maximum Gasteiger partial charge on any atom is 0.213 e. The Hall–Kier alpha value is -0.620. The lowest BCUT2D eigenvalue weighted by Crippen LogP contribution is -2.33. The molecule has 0 rings (SSSR count). The Balaban J connectivity index is 3.86. The molecule has 0 atom stereocenters. The first-order valence-electron chi connectivity index (χ1n) is 3.67. The number of hydrogen-bond donors (Lipinski definition) is 3. The fourth-order valence-corrected chi connectivity index (χ4v) is 1.21. The van der Waals surface area contributed by atoms with Gasteiger partial charge in [0.15, 0.2) is 0 Å². The van der Waals surface area contributed by atoms with Gasteiger partial charge in [-0.05, 0) is 13.8 Å². The summed E-state index contributed by atoms with van der Waals surface area (Å²) in [5, 5.41) is 6.41. The van der Waals surface area contributed by atoms with Crippen LogP contribution in [0.1, 0.15) is 20.3 Å². The van der Waals surface area contributed by atoms with Crippen molar-refractivity contribution < 1.29 is 8.42 Å². The first-order valence-corrected chi connectivity index (χ1v) is 5.22. The Morgan fingerprint density at radius 2 is 2.08 bits per heavy atom. The molecule has 0 aliphatic carbocycles. The molecule has 6 heteroatoms. The van der Waals surface area contributed by atoms with Crippen LogP contribution in [0.3, 0.4) is 0 Å². The average Bonchev–Trinajstić information content (AvgIpc) is 1.85. The summed E-state index contributed by atoms with van der Waals surface area (Å²) >= 11 is 0. The van der Waals surface area contributed by atoms with Gasteiger partial charge in [0.2, 0.25) is 10.0 Å². The zero-order chi connectivity index (χ0) is 9.78. The van der Waals surface area contributed by atoms with Crippen LogP contribution in [0, 0.1) is 5.41 Å². The van der Waals surface area contributed by atoms with E-state index in [1.54, 1.807) is 13.8 Å². The molecular formula is C6H15N3O2S. The number of nitrogens with two attached hydrogens (primary N) is 1. The van der Waals surface area contributed by atoms with Crippen molar-refractivity contribution in [2.24, 2.45) is 5.73 Å². The number of sulfonamides is 1. The fraction of sp³-hybridized carbons (Fsp3) is 0.833. The van der Waals surface area contributed by atoms with E-state index in [2.05, 4.69) is 4.72 Å². The Bertz CT molecular complexity index is 246. The lowest BCUT2D eigenvalue weighted by Gasteiger charge is -2.08. The summed E-state index contributed by atoms with van der Waals surface area (Å²) in [5.74, 6) is -0.0125. The van der Waals surface area contributed by atoms with Gasteiger partial charge in [-0.2, -0.15) is 0 Å². The smallest absolute Gasteiger partial charge is 0.213 e. The predicted octanol–water partition coefficient (Wildman–Crippen LogP) is -0.360. The van der Waals surface area contributed by atoms with Crippen molar-refractivity contribution in [1.82, 2.24) is 4.72 Å². The van der Waals surface area contributed by atoms with Crippen LogP contribution in [0.4, 0.5) is 0 Å². The molecule has 0 aliphatic rings. The van der Waals surface area contributed by atoms with Gasteiger partial charge in [-0.25, -0.2) is 13.1 Å². The zero-order valence-corrected chi connectivity index (χ0v) is 8.11. The summed E-state index contributed by atoms with van der Waals surface area (Å²) in [6.45, 7) is 3.39. The van der Waals surface area contributed by atoms with Crippen LogP contribution in [0.5, 0.6) is 0 Å². The van der Waals surface area contributed by atoms with E-state index in [9.17, 15) is 8.42 Å². The molecular weight excluding hydrogens is 178 g/mol. The lowest BCUT2D eigenvalue weighted by atomic mass is 10.4. The van der Waals surface area contributed by atoms with Gasteiger partial charge >= 0.3 is 0 Å². The number of rotatable bonds is 5. The van der Waals surface area contributed by atoms with Crippen molar-refractivity contribution in [1.29, 1.82) is 5.41 Å². The molecule has 0 unspecified atom stereocenters. The highest BCUT2D eigenvalue weighted by Gasteiger charge is 2.13.